The predicted octanol–water partition coefficient (Wildman–Crippen LogP) is 5.01. The number of hydrogen-bond acceptors (Lipinski definition) is 4. The van der Waals surface area contributed by atoms with Crippen LogP contribution >= 0.6 is 0 Å². The van der Waals surface area contributed by atoms with E-state index in [1.807, 2.05) is 27.7 Å². The SMILES string of the molecule is CC1CCC(C(C)C)C(OC(=O)NC2CCCC2(C)NC(=O)OC(C)(C)C)C1. The maximum Gasteiger partial charge on any atom is 0.408 e. The quantitative estimate of drug-likeness (QED) is 0.700. The molecule has 0 spiro atoms. The summed E-state index contributed by atoms with van der Waals surface area (Å²) in [6.45, 7) is 14.1. The predicted molar refractivity (Wildman–Crippen MR) is 110 cm³/mol. The monoisotopic (exact) mass is 396 g/mol. The third-order valence-corrected chi connectivity index (χ3v) is 6.26. The summed E-state index contributed by atoms with van der Waals surface area (Å²) in [5, 5.41) is 6.00. The minimum absolute atomic E-state index is 0.0322. The van der Waals surface area contributed by atoms with Crippen LogP contribution < -0.4 is 10.6 Å². The van der Waals surface area contributed by atoms with Gasteiger partial charge in [0.25, 0.3) is 0 Å². The van der Waals surface area contributed by atoms with Crippen LogP contribution in [-0.2, 0) is 9.47 Å². The second-order valence-corrected chi connectivity index (χ2v) is 10.4. The molecule has 2 rings (SSSR count). The molecule has 2 aliphatic rings. The Kier molecular flexibility index (Phi) is 7.27. The van der Waals surface area contributed by atoms with Gasteiger partial charge in [0.1, 0.15) is 11.7 Å². The molecular weight excluding hydrogens is 356 g/mol. The Morgan fingerprint density at radius 3 is 2.39 bits per heavy atom. The lowest BCUT2D eigenvalue weighted by Gasteiger charge is -2.38. The van der Waals surface area contributed by atoms with E-state index in [0.717, 1.165) is 32.1 Å². The van der Waals surface area contributed by atoms with Crippen molar-refractivity contribution in [2.45, 2.75) is 110 Å². The van der Waals surface area contributed by atoms with Crippen molar-refractivity contribution in [3.05, 3.63) is 0 Å². The van der Waals surface area contributed by atoms with Crippen LogP contribution in [0.4, 0.5) is 9.59 Å². The lowest BCUT2D eigenvalue weighted by Crippen LogP contribution is -2.58. The molecule has 0 aromatic carbocycles. The second-order valence-electron chi connectivity index (χ2n) is 10.4. The first-order chi connectivity index (χ1) is 12.9. The van der Waals surface area contributed by atoms with Crippen molar-refractivity contribution in [1.29, 1.82) is 0 Å². The molecule has 0 radical (unpaired) electrons. The first-order valence-corrected chi connectivity index (χ1v) is 10.9. The van der Waals surface area contributed by atoms with Crippen LogP contribution in [0.5, 0.6) is 0 Å². The third kappa shape index (κ3) is 6.28. The van der Waals surface area contributed by atoms with E-state index in [9.17, 15) is 9.59 Å². The summed E-state index contributed by atoms with van der Waals surface area (Å²) in [5.41, 5.74) is -1.08. The maximum absolute atomic E-state index is 12.7. The zero-order valence-corrected chi connectivity index (χ0v) is 18.8. The number of amides is 2. The van der Waals surface area contributed by atoms with Crippen LogP contribution in [0.1, 0.15) is 87.0 Å². The fourth-order valence-corrected chi connectivity index (χ4v) is 4.65. The van der Waals surface area contributed by atoms with Crippen LogP contribution in [0, 0.1) is 17.8 Å². The standard InChI is InChI=1S/C22H40N2O4/c1-14(2)16-11-10-15(3)13-17(16)27-19(25)23-18-9-8-12-22(18,7)24-20(26)28-21(4,5)6/h14-18H,8-13H2,1-7H3,(H,23,25)(H,24,26). The highest BCUT2D eigenvalue weighted by Gasteiger charge is 2.43. The number of nitrogens with one attached hydrogen (secondary N) is 2. The molecule has 162 valence electrons. The number of alkyl carbamates (subject to hydrolysis) is 2. The van der Waals surface area contributed by atoms with Gasteiger partial charge in [-0.1, -0.05) is 27.2 Å². The van der Waals surface area contributed by atoms with Gasteiger partial charge >= 0.3 is 12.2 Å². The van der Waals surface area contributed by atoms with Gasteiger partial charge in [-0.25, -0.2) is 9.59 Å². The molecule has 0 bridgehead atoms. The second kappa shape index (κ2) is 8.91. The summed E-state index contributed by atoms with van der Waals surface area (Å²) < 4.78 is 11.3. The Labute approximate surface area is 170 Å². The van der Waals surface area contributed by atoms with Crippen LogP contribution in [0.2, 0.25) is 0 Å². The number of rotatable bonds is 4. The van der Waals surface area contributed by atoms with Crippen LogP contribution in [-0.4, -0.2) is 35.5 Å². The first-order valence-electron chi connectivity index (χ1n) is 10.9. The van der Waals surface area contributed by atoms with E-state index in [1.54, 1.807) is 0 Å². The molecule has 0 heterocycles. The molecule has 2 N–H and O–H groups in total. The van der Waals surface area contributed by atoms with Gasteiger partial charge in [0.05, 0.1) is 11.6 Å². The molecule has 5 unspecified atom stereocenters. The summed E-state index contributed by atoms with van der Waals surface area (Å²) in [5.74, 6) is 1.49. The number of carbonyl (C=O) groups excluding carboxylic acids is 2. The van der Waals surface area contributed by atoms with E-state index in [2.05, 4.69) is 31.4 Å². The Balaban J connectivity index is 1.95. The fraction of sp³-hybridized carbons (Fsp3) is 0.909. The zero-order chi connectivity index (χ0) is 21.1. The number of carbonyl (C=O) groups is 2. The van der Waals surface area contributed by atoms with Crippen LogP contribution in [0.25, 0.3) is 0 Å². The Hall–Kier alpha value is -1.46. The molecule has 0 aromatic rings. The highest BCUT2D eigenvalue weighted by Crippen LogP contribution is 2.36. The molecule has 2 aliphatic carbocycles. The van der Waals surface area contributed by atoms with E-state index in [0.29, 0.717) is 17.8 Å². The summed E-state index contributed by atoms with van der Waals surface area (Å²) in [6, 6.07) is -0.161. The topological polar surface area (TPSA) is 76.7 Å². The first kappa shape index (κ1) is 22.8. The van der Waals surface area contributed by atoms with E-state index in [4.69, 9.17) is 9.47 Å². The van der Waals surface area contributed by atoms with Crippen molar-refractivity contribution < 1.29 is 19.1 Å². The van der Waals surface area contributed by atoms with Crippen molar-refractivity contribution >= 4 is 12.2 Å². The normalized spacial score (nSPS) is 33.4. The van der Waals surface area contributed by atoms with Crippen molar-refractivity contribution in [2.75, 3.05) is 0 Å². The van der Waals surface area contributed by atoms with E-state index >= 15 is 0 Å². The molecule has 0 aliphatic heterocycles. The van der Waals surface area contributed by atoms with Crippen molar-refractivity contribution in [2.24, 2.45) is 17.8 Å². The average molecular weight is 397 g/mol. The fourth-order valence-electron chi connectivity index (χ4n) is 4.65. The Bertz CT molecular complexity index is 557. The van der Waals surface area contributed by atoms with E-state index in [1.165, 1.54) is 6.42 Å². The summed E-state index contributed by atoms with van der Waals surface area (Å²) in [7, 11) is 0. The molecule has 0 saturated heterocycles. The largest absolute Gasteiger partial charge is 0.446 e. The summed E-state index contributed by atoms with van der Waals surface area (Å²) >= 11 is 0. The molecule has 2 fully saturated rings. The molecule has 2 saturated carbocycles. The number of ether oxygens (including phenoxy) is 2. The molecule has 6 nitrogen and oxygen atoms in total. The van der Waals surface area contributed by atoms with Crippen molar-refractivity contribution in [3.8, 4) is 0 Å². The van der Waals surface area contributed by atoms with Gasteiger partial charge in [0.15, 0.2) is 0 Å². The lowest BCUT2D eigenvalue weighted by atomic mass is 9.75. The maximum atomic E-state index is 12.7. The number of hydrogen-bond donors (Lipinski definition) is 2. The molecule has 5 atom stereocenters. The Morgan fingerprint density at radius 2 is 1.79 bits per heavy atom. The Morgan fingerprint density at radius 1 is 1.11 bits per heavy atom. The van der Waals surface area contributed by atoms with Crippen molar-refractivity contribution in [1.82, 2.24) is 10.6 Å². The van der Waals surface area contributed by atoms with Crippen LogP contribution in [0.3, 0.4) is 0 Å². The average Bonchev–Trinajstić information content (AvgIpc) is 2.85. The summed E-state index contributed by atoms with van der Waals surface area (Å²) in [6.07, 6.45) is 4.94. The molecule has 0 aromatic heterocycles. The molecule has 28 heavy (non-hydrogen) atoms. The van der Waals surface area contributed by atoms with Crippen molar-refractivity contribution in [3.63, 3.8) is 0 Å². The van der Waals surface area contributed by atoms with Crippen LogP contribution in [0.15, 0.2) is 0 Å². The molecule has 6 heteroatoms. The minimum Gasteiger partial charge on any atom is -0.446 e. The third-order valence-electron chi connectivity index (χ3n) is 6.26. The zero-order valence-electron chi connectivity index (χ0n) is 18.8. The summed E-state index contributed by atoms with van der Waals surface area (Å²) in [4.78, 5) is 24.9. The van der Waals surface area contributed by atoms with Gasteiger partial charge in [-0.2, -0.15) is 0 Å². The van der Waals surface area contributed by atoms with Gasteiger partial charge < -0.3 is 20.1 Å². The molecular formula is C22H40N2O4. The van der Waals surface area contributed by atoms with Gasteiger partial charge in [-0.05, 0) is 77.6 Å². The van der Waals surface area contributed by atoms with E-state index < -0.39 is 17.2 Å². The lowest BCUT2D eigenvalue weighted by molar-refractivity contribution is 0.00334. The van der Waals surface area contributed by atoms with Gasteiger partial charge in [-0.3, -0.25) is 0 Å². The van der Waals surface area contributed by atoms with Gasteiger partial charge in [0, 0.05) is 0 Å². The highest BCUT2D eigenvalue weighted by molar-refractivity contribution is 5.70. The minimum atomic E-state index is -0.551. The smallest absolute Gasteiger partial charge is 0.408 e. The van der Waals surface area contributed by atoms with E-state index in [-0.39, 0.29) is 18.2 Å². The highest BCUT2D eigenvalue weighted by atomic mass is 16.6. The van der Waals surface area contributed by atoms with Gasteiger partial charge in [-0.15, -0.1) is 0 Å². The molecule has 2 amide bonds. The van der Waals surface area contributed by atoms with Gasteiger partial charge in [0.2, 0.25) is 0 Å².